The Balaban J connectivity index is 1.66. The van der Waals surface area contributed by atoms with E-state index in [-0.39, 0.29) is 35.3 Å². The highest BCUT2D eigenvalue weighted by Crippen LogP contribution is 2.30. The van der Waals surface area contributed by atoms with Crippen molar-refractivity contribution < 1.29 is 17.9 Å². The molecule has 2 aliphatic heterocycles. The summed E-state index contributed by atoms with van der Waals surface area (Å²) in [4.78, 5) is 23.7. The molecule has 9 heteroatoms. The second-order valence-corrected chi connectivity index (χ2v) is 10.1. The second-order valence-electron chi connectivity index (χ2n) is 8.42. The van der Waals surface area contributed by atoms with E-state index in [1.54, 1.807) is 23.1 Å². The number of hydrogen-bond acceptors (Lipinski definition) is 6. The van der Waals surface area contributed by atoms with Crippen LogP contribution in [0, 0.1) is 13.8 Å². The van der Waals surface area contributed by atoms with Gasteiger partial charge in [0.1, 0.15) is 6.61 Å². The predicted octanol–water partition coefficient (Wildman–Crippen LogP) is 3.56. The maximum absolute atomic E-state index is 13.1. The van der Waals surface area contributed by atoms with Crippen LogP contribution in [0.4, 0.5) is 5.95 Å². The molecule has 0 saturated carbocycles. The van der Waals surface area contributed by atoms with E-state index in [0.717, 1.165) is 29.5 Å². The largest absolute Gasteiger partial charge is 0.475 e. The van der Waals surface area contributed by atoms with Crippen molar-refractivity contribution in [3.05, 3.63) is 65.2 Å². The van der Waals surface area contributed by atoms with Crippen molar-refractivity contribution in [1.29, 1.82) is 0 Å². The van der Waals surface area contributed by atoms with Crippen molar-refractivity contribution in [2.45, 2.75) is 37.6 Å². The van der Waals surface area contributed by atoms with Gasteiger partial charge in [-0.25, -0.2) is 18.1 Å². The lowest BCUT2D eigenvalue weighted by molar-refractivity contribution is 0.0689. The number of carbonyl (C=O) groups excluding carboxylic acids is 1. The van der Waals surface area contributed by atoms with Gasteiger partial charge in [0, 0.05) is 23.7 Å². The summed E-state index contributed by atoms with van der Waals surface area (Å²) in [6.07, 6.45) is 1.67. The first kappa shape index (κ1) is 21.4. The second kappa shape index (κ2) is 8.15. The first-order chi connectivity index (χ1) is 15.8. The van der Waals surface area contributed by atoms with Crippen LogP contribution >= 0.6 is 0 Å². The monoisotopic (exact) mass is 464 g/mol. The normalized spacial score (nSPS) is 19.4. The number of rotatable bonds is 1. The van der Waals surface area contributed by atoms with Crippen LogP contribution < -0.4 is 9.46 Å². The number of carbonyl (C=O) groups is 1. The van der Waals surface area contributed by atoms with Crippen LogP contribution in [0.5, 0.6) is 5.88 Å². The van der Waals surface area contributed by atoms with Crippen LogP contribution in [0.3, 0.4) is 0 Å². The highest BCUT2D eigenvalue weighted by molar-refractivity contribution is 7.92. The molecule has 5 rings (SSSR count). The molecule has 3 aromatic rings. The molecule has 0 aliphatic carbocycles. The number of nitrogens with one attached hydrogen (secondary N) is 1. The highest BCUT2D eigenvalue weighted by Gasteiger charge is 2.31. The number of aromatic nitrogens is 2. The summed E-state index contributed by atoms with van der Waals surface area (Å²) >= 11 is 0. The van der Waals surface area contributed by atoms with Gasteiger partial charge in [-0.1, -0.05) is 24.3 Å². The molecule has 4 bridgehead atoms. The topological polar surface area (TPSA) is 101 Å². The summed E-state index contributed by atoms with van der Waals surface area (Å²) in [5.41, 5.74) is 3.80. The molecule has 0 spiro atoms. The Kier molecular flexibility index (Phi) is 5.28. The minimum Gasteiger partial charge on any atom is -0.475 e. The quantitative estimate of drug-likeness (QED) is 0.591. The number of aryl methyl sites for hydroxylation is 2. The average Bonchev–Trinajstić information content (AvgIpc) is 3.25. The molecule has 33 heavy (non-hydrogen) atoms. The molecule has 3 heterocycles. The van der Waals surface area contributed by atoms with Crippen LogP contribution in [-0.4, -0.2) is 48.4 Å². The fourth-order valence-electron chi connectivity index (χ4n) is 4.49. The van der Waals surface area contributed by atoms with E-state index in [1.807, 2.05) is 32.0 Å². The molecule has 8 nitrogen and oxygen atoms in total. The van der Waals surface area contributed by atoms with E-state index in [0.29, 0.717) is 17.8 Å². The molecule has 170 valence electrons. The third-order valence-corrected chi connectivity index (χ3v) is 7.44. The lowest BCUT2D eigenvalue weighted by Crippen LogP contribution is -2.39. The third kappa shape index (κ3) is 4.04. The number of amides is 1. The third-order valence-electron chi connectivity index (χ3n) is 6.12. The Morgan fingerprint density at radius 1 is 1.06 bits per heavy atom. The summed E-state index contributed by atoms with van der Waals surface area (Å²) in [6, 6.07) is 13.6. The summed E-state index contributed by atoms with van der Waals surface area (Å²) in [5.74, 6) is -0.0265. The molecule has 1 atom stereocenters. The summed E-state index contributed by atoms with van der Waals surface area (Å²) < 4.78 is 34.7. The summed E-state index contributed by atoms with van der Waals surface area (Å²) in [5, 5.41) is 0. The Bertz CT molecular complexity index is 1340. The molecular weight excluding hydrogens is 440 g/mol. The summed E-state index contributed by atoms with van der Waals surface area (Å²) in [7, 11) is -4.02. The Hall–Kier alpha value is -3.46. The number of nitrogens with zero attached hydrogens (tertiary/aromatic N) is 3. The van der Waals surface area contributed by atoms with Crippen molar-refractivity contribution in [2.24, 2.45) is 0 Å². The van der Waals surface area contributed by atoms with Gasteiger partial charge in [0.15, 0.2) is 0 Å². The van der Waals surface area contributed by atoms with Crippen LogP contribution in [0.1, 0.15) is 34.3 Å². The number of anilines is 1. The first-order valence-corrected chi connectivity index (χ1v) is 12.3. The maximum atomic E-state index is 13.1. The van der Waals surface area contributed by atoms with Crippen molar-refractivity contribution in [3.8, 4) is 17.1 Å². The van der Waals surface area contributed by atoms with E-state index in [4.69, 9.17) is 4.74 Å². The van der Waals surface area contributed by atoms with Gasteiger partial charge in [0.2, 0.25) is 11.8 Å². The molecule has 1 N–H and O–H groups in total. The van der Waals surface area contributed by atoms with Crippen LogP contribution in [0.25, 0.3) is 11.3 Å². The van der Waals surface area contributed by atoms with Crippen molar-refractivity contribution in [1.82, 2.24) is 14.9 Å². The maximum Gasteiger partial charge on any atom is 0.264 e. The van der Waals surface area contributed by atoms with Gasteiger partial charge < -0.3 is 9.64 Å². The van der Waals surface area contributed by atoms with Crippen LogP contribution in [0.2, 0.25) is 0 Å². The van der Waals surface area contributed by atoms with Crippen LogP contribution in [0.15, 0.2) is 53.4 Å². The molecular formula is C24H24N4O4S. The van der Waals surface area contributed by atoms with Gasteiger partial charge in [-0.3, -0.25) is 4.79 Å². The number of ether oxygens (including phenoxy) is 1. The first-order valence-electron chi connectivity index (χ1n) is 10.8. The predicted molar refractivity (Wildman–Crippen MR) is 124 cm³/mol. The lowest BCUT2D eigenvalue weighted by atomic mass is 10.00. The molecule has 1 amide bonds. The zero-order chi connectivity index (χ0) is 23.2. The molecule has 1 aromatic heterocycles. The average molecular weight is 465 g/mol. The van der Waals surface area contributed by atoms with Crippen molar-refractivity contribution in [3.63, 3.8) is 0 Å². The van der Waals surface area contributed by atoms with Gasteiger partial charge in [-0.15, -0.1) is 0 Å². The van der Waals surface area contributed by atoms with E-state index < -0.39 is 10.0 Å². The van der Waals surface area contributed by atoms with Gasteiger partial charge >= 0.3 is 0 Å². The summed E-state index contributed by atoms with van der Waals surface area (Å²) in [6.45, 7) is 4.82. The zero-order valence-electron chi connectivity index (χ0n) is 18.4. The van der Waals surface area contributed by atoms with Gasteiger partial charge in [0.05, 0.1) is 16.6 Å². The van der Waals surface area contributed by atoms with Gasteiger partial charge in [-0.05, 0) is 56.0 Å². The van der Waals surface area contributed by atoms with Crippen LogP contribution in [-0.2, 0) is 10.0 Å². The van der Waals surface area contributed by atoms with Gasteiger partial charge in [-0.2, -0.15) is 4.98 Å². The van der Waals surface area contributed by atoms with Gasteiger partial charge in [0.25, 0.3) is 15.9 Å². The number of fused-ring (bicyclic) bond motifs is 5. The SMILES string of the molecule is Cc1cccc(C)c1-c1cc2nc(n1)NS(=O)(=O)c1cccc(c1)C(=O)N1CCC[C@@H]1CO2. The number of sulfonamides is 1. The smallest absolute Gasteiger partial charge is 0.264 e. The molecule has 2 aliphatic rings. The molecule has 1 saturated heterocycles. The van der Waals surface area contributed by atoms with E-state index in [9.17, 15) is 13.2 Å². The standard InChI is InChI=1S/C24H24N4O4S/c1-15-6-3-7-16(2)22(15)20-13-21-26-24(25-20)27-33(30,31)19-10-4-8-17(12-19)23(29)28-11-5-9-18(28)14-32-21/h3-4,6-8,10,12-13,18H,5,9,11,14H2,1-2H3,(H,25,26,27)/t18-/m1/s1. The fourth-order valence-corrected chi connectivity index (χ4v) is 5.48. The number of hydrogen-bond donors (Lipinski definition) is 1. The minimum atomic E-state index is -4.02. The Morgan fingerprint density at radius 3 is 2.61 bits per heavy atom. The zero-order valence-corrected chi connectivity index (χ0v) is 19.2. The molecule has 0 radical (unpaired) electrons. The highest BCUT2D eigenvalue weighted by atomic mass is 32.2. The van der Waals surface area contributed by atoms with Crippen molar-refractivity contribution in [2.75, 3.05) is 17.9 Å². The Morgan fingerprint density at radius 2 is 1.82 bits per heavy atom. The van der Waals surface area contributed by atoms with E-state index in [1.165, 1.54) is 12.1 Å². The molecule has 0 unspecified atom stereocenters. The van der Waals surface area contributed by atoms with E-state index in [2.05, 4.69) is 14.7 Å². The Labute approximate surface area is 192 Å². The minimum absolute atomic E-state index is 0.0214. The fraction of sp³-hybridized carbons (Fsp3) is 0.292. The van der Waals surface area contributed by atoms with Crippen molar-refractivity contribution >= 4 is 21.9 Å². The lowest BCUT2D eigenvalue weighted by Gasteiger charge is -2.24. The molecule has 2 aromatic carbocycles. The molecule has 1 fully saturated rings. The number of benzene rings is 2. The van der Waals surface area contributed by atoms with E-state index >= 15 is 0 Å².